The minimum Gasteiger partial charge on any atom is -0.383 e. The molecular weight excluding hydrogens is 394 g/mol. The quantitative estimate of drug-likeness (QED) is 0.690. The van der Waals surface area contributed by atoms with Crippen molar-refractivity contribution in [1.29, 1.82) is 0 Å². The molecule has 0 unspecified atom stereocenters. The molecule has 8 heteroatoms. The summed E-state index contributed by atoms with van der Waals surface area (Å²) in [5.41, 5.74) is 1.05. The average molecular weight is 422 g/mol. The van der Waals surface area contributed by atoms with Gasteiger partial charge in [-0.1, -0.05) is 23.5 Å². The SMILES string of the molecule is COCCn1c(=NC(=O)CSCC(=O)N2CCCC[C@@H]2C)sc2ccccc21. The van der Waals surface area contributed by atoms with Gasteiger partial charge in [-0.2, -0.15) is 4.99 Å². The van der Waals surface area contributed by atoms with Crippen LogP contribution in [-0.4, -0.2) is 59.1 Å². The van der Waals surface area contributed by atoms with Crippen molar-refractivity contribution in [3.05, 3.63) is 29.1 Å². The number of thiazole rings is 1. The highest BCUT2D eigenvalue weighted by Crippen LogP contribution is 2.18. The van der Waals surface area contributed by atoms with E-state index in [1.807, 2.05) is 33.7 Å². The standard InChI is InChI=1S/C20H27N3O3S2/c1-15-7-5-6-10-22(15)19(25)14-27-13-18(24)21-20-23(11-12-26-2)16-8-3-4-9-17(16)28-20/h3-4,8-9,15H,5-7,10-14H2,1-2H3/t15-/m0/s1. The number of thioether (sulfide) groups is 1. The lowest BCUT2D eigenvalue weighted by molar-refractivity contribution is -0.131. The van der Waals surface area contributed by atoms with Gasteiger partial charge in [0.05, 0.1) is 28.3 Å². The Bertz CT molecular complexity index is 890. The molecule has 1 atom stereocenters. The Morgan fingerprint density at radius 2 is 2.11 bits per heavy atom. The maximum atomic E-state index is 12.4. The van der Waals surface area contributed by atoms with Crippen LogP contribution in [0.1, 0.15) is 26.2 Å². The van der Waals surface area contributed by atoms with Crippen LogP contribution in [0.15, 0.2) is 29.3 Å². The highest BCUT2D eigenvalue weighted by atomic mass is 32.2. The highest BCUT2D eigenvalue weighted by Gasteiger charge is 2.22. The van der Waals surface area contributed by atoms with E-state index in [9.17, 15) is 9.59 Å². The van der Waals surface area contributed by atoms with E-state index in [-0.39, 0.29) is 17.6 Å². The number of hydrogen-bond acceptors (Lipinski definition) is 5. The van der Waals surface area contributed by atoms with Crippen LogP contribution < -0.4 is 4.80 Å². The second-order valence-corrected chi connectivity index (χ2v) is 8.92. The van der Waals surface area contributed by atoms with E-state index >= 15 is 0 Å². The first-order chi connectivity index (χ1) is 13.6. The van der Waals surface area contributed by atoms with Crippen molar-refractivity contribution < 1.29 is 14.3 Å². The van der Waals surface area contributed by atoms with Gasteiger partial charge in [-0.05, 0) is 38.3 Å². The van der Waals surface area contributed by atoms with Crippen LogP contribution in [0.2, 0.25) is 0 Å². The number of aromatic nitrogens is 1. The molecule has 6 nitrogen and oxygen atoms in total. The zero-order chi connectivity index (χ0) is 19.9. The van der Waals surface area contributed by atoms with Crippen molar-refractivity contribution in [1.82, 2.24) is 9.47 Å². The molecule has 152 valence electrons. The topological polar surface area (TPSA) is 63.9 Å². The second-order valence-electron chi connectivity index (χ2n) is 6.93. The molecule has 0 radical (unpaired) electrons. The summed E-state index contributed by atoms with van der Waals surface area (Å²) in [7, 11) is 1.66. The molecule has 1 saturated heterocycles. The Morgan fingerprint density at radius 3 is 2.89 bits per heavy atom. The smallest absolute Gasteiger partial charge is 0.258 e. The van der Waals surface area contributed by atoms with Crippen molar-refractivity contribution in [3.8, 4) is 0 Å². The van der Waals surface area contributed by atoms with E-state index in [4.69, 9.17) is 4.74 Å². The molecular formula is C20H27N3O3S2. The third-order valence-electron chi connectivity index (χ3n) is 4.90. The van der Waals surface area contributed by atoms with E-state index in [2.05, 4.69) is 11.9 Å². The monoisotopic (exact) mass is 421 g/mol. The average Bonchev–Trinajstić information content (AvgIpc) is 3.03. The van der Waals surface area contributed by atoms with Crippen LogP contribution in [0.5, 0.6) is 0 Å². The number of likely N-dealkylation sites (tertiary alicyclic amines) is 1. The van der Waals surface area contributed by atoms with E-state index in [1.165, 1.54) is 29.5 Å². The molecule has 1 fully saturated rings. The summed E-state index contributed by atoms with van der Waals surface area (Å²) in [6.07, 6.45) is 3.33. The number of benzene rings is 1. The predicted molar refractivity (Wildman–Crippen MR) is 115 cm³/mol. The first-order valence-corrected chi connectivity index (χ1v) is 11.6. The molecule has 2 amide bonds. The Labute approximate surface area is 173 Å². The molecule has 2 aromatic rings. The summed E-state index contributed by atoms with van der Waals surface area (Å²) >= 11 is 2.85. The number of rotatable bonds is 7. The van der Waals surface area contributed by atoms with Gasteiger partial charge in [0, 0.05) is 26.2 Å². The summed E-state index contributed by atoms with van der Waals surface area (Å²) in [6.45, 7) is 4.13. The van der Waals surface area contributed by atoms with Crippen LogP contribution in [-0.2, 0) is 20.9 Å². The first kappa shape index (κ1) is 21.1. The minimum absolute atomic E-state index is 0.127. The van der Waals surface area contributed by atoms with Gasteiger partial charge in [-0.15, -0.1) is 11.8 Å². The number of carbonyl (C=O) groups is 2. The summed E-state index contributed by atoms with van der Waals surface area (Å²) in [6, 6.07) is 8.32. The Morgan fingerprint density at radius 1 is 1.29 bits per heavy atom. The fraction of sp³-hybridized carbons (Fsp3) is 0.550. The molecule has 0 N–H and O–H groups in total. The fourth-order valence-corrected chi connectivity index (χ4v) is 5.18. The number of para-hydroxylation sites is 1. The lowest BCUT2D eigenvalue weighted by atomic mass is 10.0. The first-order valence-electron chi connectivity index (χ1n) is 9.62. The molecule has 0 bridgehead atoms. The maximum absolute atomic E-state index is 12.4. The summed E-state index contributed by atoms with van der Waals surface area (Å²) < 4.78 is 8.30. The zero-order valence-corrected chi connectivity index (χ0v) is 18.1. The number of ether oxygens (including phenoxy) is 1. The number of carbonyl (C=O) groups excluding carboxylic acids is 2. The molecule has 1 aliphatic rings. The van der Waals surface area contributed by atoms with Gasteiger partial charge in [0.2, 0.25) is 5.91 Å². The molecule has 1 aromatic carbocycles. The van der Waals surface area contributed by atoms with Gasteiger partial charge >= 0.3 is 0 Å². The minimum atomic E-state index is -0.206. The van der Waals surface area contributed by atoms with Crippen LogP contribution in [0, 0.1) is 0 Å². The van der Waals surface area contributed by atoms with Gasteiger partial charge in [0.25, 0.3) is 5.91 Å². The van der Waals surface area contributed by atoms with E-state index < -0.39 is 0 Å². The molecule has 0 aliphatic carbocycles. The van der Waals surface area contributed by atoms with Crippen LogP contribution in [0.4, 0.5) is 0 Å². The third-order valence-corrected chi connectivity index (χ3v) is 6.86. The lowest BCUT2D eigenvalue weighted by Gasteiger charge is -2.33. The number of methoxy groups -OCH3 is 1. The Balaban J connectivity index is 1.63. The maximum Gasteiger partial charge on any atom is 0.258 e. The molecule has 0 spiro atoms. The van der Waals surface area contributed by atoms with Crippen LogP contribution in [0.25, 0.3) is 10.2 Å². The molecule has 28 heavy (non-hydrogen) atoms. The zero-order valence-electron chi connectivity index (χ0n) is 16.4. The van der Waals surface area contributed by atoms with Crippen LogP contribution in [0.3, 0.4) is 0 Å². The van der Waals surface area contributed by atoms with E-state index in [0.29, 0.717) is 29.7 Å². The van der Waals surface area contributed by atoms with E-state index in [1.54, 1.807) is 7.11 Å². The Kier molecular flexibility index (Phi) is 7.70. The summed E-state index contributed by atoms with van der Waals surface area (Å²) in [5.74, 6) is 0.470. The number of amides is 2. The number of fused-ring (bicyclic) bond motifs is 1. The summed E-state index contributed by atoms with van der Waals surface area (Å²) in [5, 5.41) is 0. The third kappa shape index (κ3) is 5.24. The molecule has 1 aromatic heterocycles. The summed E-state index contributed by atoms with van der Waals surface area (Å²) in [4.78, 5) is 31.7. The van der Waals surface area contributed by atoms with Crippen molar-refractivity contribution >= 4 is 45.1 Å². The normalized spacial score (nSPS) is 18.0. The van der Waals surface area contributed by atoms with Gasteiger partial charge in [-0.3, -0.25) is 9.59 Å². The molecule has 2 heterocycles. The van der Waals surface area contributed by atoms with Crippen molar-refractivity contribution in [3.63, 3.8) is 0 Å². The van der Waals surface area contributed by atoms with E-state index in [0.717, 1.165) is 29.6 Å². The second kappa shape index (κ2) is 10.2. The van der Waals surface area contributed by atoms with Crippen molar-refractivity contribution in [2.45, 2.75) is 38.8 Å². The largest absolute Gasteiger partial charge is 0.383 e. The Hall–Kier alpha value is -1.64. The number of hydrogen-bond donors (Lipinski definition) is 0. The van der Waals surface area contributed by atoms with Gasteiger partial charge in [-0.25, -0.2) is 0 Å². The highest BCUT2D eigenvalue weighted by molar-refractivity contribution is 8.00. The van der Waals surface area contributed by atoms with Crippen molar-refractivity contribution in [2.75, 3.05) is 31.8 Å². The molecule has 0 saturated carbocycles. The predicted octanol–water partition coefficient (Wildman–Crippen LogP) is 2.91. The van der Waals surface area contributed by atoms with Gasteiger partial charge in [0.1, 0.15) is 0 Å². The van der Waals surface area contributed by atoms with Crippen molar-refractivity contribution in [2.24, 2.45) is 4.99 Å². The van der Waals surface area contributed by atoms with Gasteiger partial charge < -0.3 is 14.2 Å². The lowest BCUT2D eigenvalue weighted by Crippen LogP contribution is -2.43. The number of nitrogens with zero attached hydrogens (tertiary/aromatic N) is 3. The fourth-order valence-electron chi connectivity index (χ4n) is 3.42. The number of piperidine rings is 1. The molecule has 1 aliphatic heterocycles. The van der Waals surface area contributed by atoms with Crippen LogP contribution >= 0.6 is 23.1 Å². The molecule has 3 rings (SSSR count). The van der Waals surface area contributed by atoms with Gasteiger partial charge in [0.15, 0.2) is 4.80 Å².